The average molecular weight is 312 g/mol. The summed E-state index contributed by atoms with van der Waals surface area (Å²) in [5.74, 6) is 0.288. The van der Waals surface area contributed by atoms with Gasteiger partial charge < -0.3 is 10.5 Å². The molecule has 1 fully saturated rings. The van der Waals surface area contributed by atoms with Gasteiger partial charge in [0.05, 0.1) is 12.4 Å². The topological polar surface area (TPSA) is 72.6 Å². The molecule has 1 saturated heterocycles. The van der Waals surface area contributed by atoms with Crippen LogP contribution in [0.15, 0.2) is 30.3 Å². The van der Waals surface area contributed by atoms with Crippen molar-refractivity contribution in [2.45, 2.75) is 19.4 Å². The molecular formula is C15H24N2O3S. The Hall–Kier alpha value is -0.950. The maximum atomic E-state index is 12.6. The number of ether oxygens (including phenoxy) is 1. The predicted octanol–water partition coefficient (Wildman–Crippen LogP) is 1.20. The van der Waals surface area contributed by atoms with Crippen LogP contribution in [0, 0.1) is 5.92 Å². The minimum atomic E-state index is -3.28. The highest BCUT2D eigenvalue weighted by Gasteiger charge is 2.28. The number of benzene rings is 1. The van der Waals surface area contributed by atoms with Gasteiger partial charge in [-0.05, 0) is 30.9 Å². The number of sulfonamides is 1. The number of hydrogen-bond donors (Lipinski definition) is 1. The number of rotatable bonds is 8. The molecule has 1 aliphatic heterocycles. The maximum absolute atomic E-state index is 12.6. The molecular weight excluding hydrogens is 288 g/mol. The molecule has 1 unspecified atom stereocenters. The summed E-state index contributed by atoms with van der Waals surface area (Å²) in [4.78, 5) is 0. The van der Waals surface area contributed by atoms with Crippen molar-refractivity contribution < 1.29 is 13.2 Å². The fraction of sp³-hybridized carbons (Fsp3) is 0.600. The molecule has 1 aromatic carbocycles. The minimum absolute atomic E-state index is 0.117. The van der Waals surface area contributed by atoms with Crippen molar-refractivity contribution in [3.05, 3.63) is 35.9 Å². The molecule has 0 amide bonds. The quantitative estimate of drug-likeness (QED) is 0.783. The summed E-state index contributed by atoms with van der Waals surface area (Å²) in [5, 5.41) is 0. The van der Waals surface area contributed by atoms with E-state index in [4.69, 9.17) is 10.5 Å². The minimum Gasteiger partial charge on any atom is -0.381 e. The summed E-state index contributed by atoms with van der Waals surface area (Å²) < 4.78 is 32.1. The fourth-order valence-corrected chi connectivity index (χ4v) is 4.31. The van der Waals surface area contributed by atoms with Crippen LogP contribution in [0.5, 0.6) is 0 Å². The molecule has 5 nitrogen and oxygen atoms in total. The van der Waals surface area contributed by atoms with Crippen LogP contribution in [0.1, 0.15) is 18.4 Å². The average Bonchev–Trinajstić information content (AvgIpc) is 2.96. The first-order chi connectivity index (χ1) is 10.1. The summed E-state index contributed by atoms with van der Waals surface area (Å²) in [7, 11) is -3.28. The summed E-state index contributed by atoms with van der Waals surface area (Å²) in [6.45, 7) is 2.60. The second kappa shape index (κ2) is 7.89. The molecule has 0 bridgehead atoms. The third-order valence-electron chi connectivity index (χ3n) is 3.68. The van der Waals surface area contributed by atoms with Gasteiger partial charge in [-0.15, -0.1) is 0 Å². The van der Waals surface area contributed by atoms with E-state index in [1.807, 2.05) is 30.3 Å². The summed E-state index contributed by atoms with van der Waals surface area (Å²) in [6, 6.07) is 9.67. The third kappa shape index (κ3) is 5.07. The van der Waals surface area contributed by atoms with Crippen LogP contribution in [0.2, 0.25) is 0 Å². The van der Waals surface area contributed by atoms with Crippen LogP contribution >= 0.6 is 0 Å². The van der Waals surface area contributed by atoms with Gasteiger partial charge in [0.25, 0.3) is 0 Å². The van der Waals surface area contributed by atoms with Gasteiger partial charge in [-0.2, -0.15) is 4.31 Å². The Bertz CT molecular complexity index is 513. The van der Waals surface area contributed by atoms with Crippen LogP contribution in [-0.2, 0) is 21.3 Å². The van der Waals surface area contributed by atoms with Crippen molar-refractivity contribution >= 4 is 10.0 Å². The Kier molecular flexibility index (Phi) is 6.17. The molecule has 1 aromatic rings. The van der Waals surface area contributed by atoms with Crippen molar-refractivity contribution in [2.24, 2.45) is 11.7 Å². The van der Waals surface area contributed by atoms with E-state index in [-0.39, 0.29) is 11.7 Å². The lowest BCUT2D eigenvalue weighted by Gasteiger charge is -2.23. The van der Waals surface area contributed by atoms with Gasteiger partial charge >= 0.3 is 0 Å². The van der Waals surface area contributed by atoms with Crippen LogP contribution < -0.4 is 5.73 Å². The summed E-state index contributed by atoms with van der Waals surface area (Å²) in [6.07, 6.45) is 1.50. The fourth-order valence-electron chi connectivity index (χ4n) is 2.49. The van der Waals surface area contributed by atoms with Crippen LogP contribution in [-0.4, -0.2) is 44.8 Å². The van der Waals surface area contributed by atoms with Gasteiger partial charge in [0.2, 0.25) is 10.0 Å². The highest BCUT2D eigenvalue weighted by atomic mass is 32.2. The van der Waals surface area contributed by atoms with Gasteiger partial charge in [0, 0.05) is 19.7 Å². The van der Waals surface area contributed by atoms with E-state index < -0.39 is 10.0 Å². The lowest BCUT2D eigenvalue weighted by molar-refractivity contribution is 0.188. The third-order valence-corrected chi connectivity index (χ3v) is 5.67. The Morgan fingerprint density at radius 1 is 1.29 bits per heavy atom. The molecule has 21 heavy (non-hydrogen) atoms. The van der Waals surface area contributed by atoms with Crippen molar-refractivity contribution in [1.29, 1.82) is 0 Å². The molecule has 0 aromatic heterocycles. The number of nitrogens with zero attached hydrogens (tertiary/aromatic N) is 1. The van der Waals surface area contributed by atoms with E-state index in [0.29, 0.717) is 39.3 Å². The SMILES string of the molecule is NCCCN(Cc1ccccc1)S(=O)(=O)CC1CCOC1. The molecule has 118 valence electrons. The summed E-state index contributed by atoms with van der Waals surface area (Å²) >= 11 is 0. The van der Waals surface area contributed by atoms with E-state index >= 15 is 0 Å². The zero-order valence-electron chi connectivity index (χ0n) is 12.3. The summed E-state index contributed by atoms with van der Waals surface area (Å²) in [5.41, 5.74) is 6.54. The van der Waals surface area contributed by atoms with Gasteiger partial charge in [-0.25, -0.2) is 8.42 Å². The molecule has 0 aliphatic carbocycles. The zero-order chi connectivity index (χ0) is 15.1. The molecule has 1 aliphatic rings. The standard InChI is InChI=1S/C15H24N2O3S/c16-8-4-9-17(11-14-5-2-1-3-6-14)21(18,19)13-15-7-10-20-12-15/h1-3,5-6,15H,4,7-13,16H2. The second-order valence-electron chi connectivity index (χ2n) is 5.47. The first kappa shape index (κ1) is 16.4. The van der Waals surface area contributed by atoms with E-state index in [1.54, 1.807) is 4.31 Å². The zero-order valence-corrected chi connectivity index (χ0v) is 13.1. The molecule has 1 atom stereocenters. The highest BCUT2D eigenvalue weighted by molar-refractivity contribution is 7.89. The Morgan fingerprint density at radius 2 is 2.05 bits per heavy atom. The van der Waals surface area contributed by atoms with Crippen molar-refractivity contribution in [3.63, 3.8) is 0 Å². The molecule has 0 radical (unpaired) electrons. The normalized spacial score (nSPS) is 19.2. The number of nitrogens with two attached hydrogens (primary N) is 1. The van der Waals surface area contributed by atoms with Crippen LogP contribution in [0.4, 0.5) is 0 Å². The lowest BCUT2D eigenvalue weighted by Crippen LogP contribution is -2.36. The number of hydrogen-bond acceptors (Lipinski definition) is 4. The monoisotopic (exact) mass is 312 g/mol. The first-order valence-electron chi connectivity index (χ1n) is 7.41. The second-order valence-corrected chi connectivity index (χ2v) is 7.48. The largest absolute Gasteiger partial charge is 0.381 e. The first-order valence-corrected chi connectivity index (χ1v) is 9.02. The van der Waals surface area contributed by atoms with Crippen molar-refractivity contribution in [3.8, 4) is 0 Å². The van der Waals surface area contributed by atoms with Gasteiger partial charge in [0.15, 0.2) is 0 Å². The van der Waals surface area contributed by atoms with Crippen LogP contribution in [0.25, 0.3) is 0 Å². The maximum Gasteiger partial charge on any atom is 0.214 e. The van der Waals surface area contributed by atoms with E-state index in [9.17, 15) is 8.42 Å². The van der Waals surface area contributed by atoms with E-state index in [0.717, 1.165) is 12.0 Å². The molecule has 6 heteroatoms. The van der Waals surface area contributed by atoms with Gasteiger partial charge in [0.1, 0.15) is 0 Å². The molecule has 0 saturated carbocycles. The predicted molar refractivity (Wildman–Crippen MR) is 83.2 cm³/mol. The molecule has 2 rings (SSSR count). The molecule has 1 heterocycles. The lowest BCUT2D eigenvalue weighted by atomic mass is 10.2. The Labute approximate surface area is 127 Å². The van der Waals surface area contributed by atoms with Gasteiger partial charge in [-0.3, -0.25) is 0 Å². The smallest absolute Gasteiger partial charge is 0.214 e. The van der Waals surface area contributed by atoms with Crippen molar-refractivity contribution in [2.75, 3.05) is 32.1 Å². The Morgan fingerprint density at radius 3 is 2.67 bits per heavy atom. The van der Waals surface area contributed by atoms with Crippen molar-refractivity contribution in [1.82, 2.24) is 4.31 Å². The van der Waals surface area contributed by atoms with Gasteiger partial charge in [-0.1, -0.05) is 30.3 Å². The Balaban J connectivity index is 2.06. The molecule has 2 N–H and O–H groups in total. The highest BCUT2D eigenvalue weighted by Crippen LogP contribution is 2.18. The molecule has 0 spiro atoms. The van der Waals surface area contributed by atoms with Crippen LogP contribution in [0.3, 0.4) is 0 Å². The van der Waals surface area contributed by atoms with E-state index in [1.165, 1.54) is 0 Å². The van der Waals surface area contributed by atoms with E-state index in [2.05, 4.69) is 0 Å².